The molecule has 0 spiro atoms. The van der Waals surface area contributed by atoms with Gasteiger partial charge in [0.05, 0.1) is 10.4 Å². The van der Waals surface area contributed by atoms with Crippen LogP contribution in [0.25, 0.3) is 11.2 Å². The van der Waals surface area contributed by atoms with Gasteiger partial charge in [-0.25, -0.2) is 9.97 Å². The van der Waals surface area contributed by atoms with Crippen LogP contribution in [0.15, 0.2) is 12.3 Å². The van der Waals surface area contributed by atoms with Crippen LogP contribution in [-0.2, 0) is 0 Å². The first-order valence-corrected chi connectivity index (χ1v) is 7.53. The van der Waals surface area contributed by atoms with E-state index in [2.05, 4.69) is 28.4 Å². The molecule has 2 unspecified atom stereocenters. The quantitative estimate of drug-likeness (QED) is 0.716. The standard InChI is InChI=1S/C14H19Cl2N3/c1-4-5-6-9(2)19-13(10(3)15)18-12-7-11(16)8-17-14(12)19/h7-10H,4-6H2,1-3H3. The zero-order valence-electron chi connectivity index (χ0n) is 11.5. The molecule has 0 aliphatic heterocycles. The van der Waals surface area contributed by atoms with Crippen LogP contribution in [-0.4, -0.2) is 14.5 Å². The summed E-state index contributed by atoms with van der Waals surface area (Å²) in [5.41, 5.74) is 1.69. The molecule has 0 bridgehead atoms. The van der Waals surface area contributed by atoms with Crippen molar-refractivity contribution in [1.29, 1.82) is 0 Å². The molecule has 5 heteroatoms. The Morgan fingerprint density at radius 1 is 1.37 bits per heavy atom. The van der Waals surface area contributed by atoms with E-state index in [-0.39, 0.29) is 5.38 Å². The smallest absolute Gasteiger partial charge is 0.160 e. The monoisotopic (exact) mass is 299 g/mol. The number of rotatable bonds is 5. The second-order valence-electron chi connectivity index (χ2n) is 4.94. The predicted octanol–water partition coefficient (Wildman–Crippen LogP) is 5.14. The molecule has 19 heavy (non-hydrogen) atoms. The number of imidazole rings is 1. The molecule has 2 aromatic rings. The summed E-state index contributed by atoms with van der Waals surface area (Å²) in [5.74, 6) is 0.870. The van der Waals surface area contributed by atoms with Crippen molar-refractivity contribution in [2.24, 2.45) is 0 Å². The summed E-state index contributed by atoms with van der Waals surface area (Å²) >= 11 is 12.2. The van der Waals surface area contributed by atoms with Crippen LogP contribution >= 0.6 is 23.2 Å². The fraction of sp³-hybridized carbons (Fsp3) is 0.571. The summed E-state index contributed by atoms with van der Waals surface area (Å²) in [5, 5.41) is 0.462. The third kappa shape index (κ3) is 3.03. The zero-order chi connectivity index (χ0) is 14.0. The van der Waals surface area contributed by atoms with Crippen molar-refractivity contribution in [2.45, 2.75) is 51.5 Å². The van der Waals surface area contributed by atoms with Crippen LogP contribution in [0.5, 0.6) is 0 Å². The number of hydrogen-bond acceptors (Lipinski definition) is 2. The fourth-order valence-corrected chi connectivity index (χ4v) is 2.62. The average Bonchev–Trinajstić information content (AvgIpc) is 2.74. The first-order chi connectivity index (χ1) is 9.04. The van der Waals surface area contributed by atoms with Gasteiger partial charge < -0.3 is 4.57 Å². The van der Waals surface area contributed by atoms with Crippen molar-refractivity contribution in [3.05, 3.63) is 23.1 Å². The third-order valence-electron chi connectivity index (χ3n) is 3.30. The Morgan fingerprint density at radius 2 is 2.11 bits per heavy atom. The lowest BCUT2D eigenvalue weighted by molar-refractivity contribution is 0.478. The number of pyridine rings is 1. The minimum absolute atomic E-state index is 0.142. The molecule has 0 amide bonds. The zero-order valence-corrected chi connectivity index (χ0v) is 13.0. The number of aromatic nitrogens is 3. The summed E-state index contributed by atoms with van der Waals surface area (Å²) in [6.45, 7) is 6.32. The van der Waals surface area contributed by atoms with Gasteiger partial charge in [0.2, 0.25) is 0 Å². The van der Waals surface area contributed by atoms with Crippen LogP contribution in [0.1, 0.15) is 57.3 Å². The summed E-state index contributed by atoms with van der Waals surface area (Å²) in [7, 11) is 0. The van der Waals surface area contributed by atoms with E-state index >= 15 is 0 Å². The van der Waals surface area contributed by atoms with E-state index in [1.165, 1.54) is 12.8 Å². The van der Waals surface area contributed by atoms with Crippen LogP contribution < -0.4 is 0 Å². The van der Waals surface area contributed by atoms with E-state index in [9.17, 15) is 0 Å². The maximum atomic E-state index is 6.25. The highest BCUT2D eigenvalue weighted by molar-refractivity contribution is 6.31. The fourth-order valence-electron chi connectivity index (χ4n) is 2.32. The van der Waals surface area contributed by atoms with Gasteiger partial charge in [-0.05, 0) is 26.3 Å². The second-order valence-corrected chi connectivity index (χ2v) is 6.03. The number of unbranched alkanes of at least 4 members (excludes halogenated alkanes) is 1. The first kappa shape index (κ1) is 14.6. The Balaban J connectivity index is 2.51. The molecule has 2 rings (SSSR count). The van der Waals surface area contributed by atoms with E-state index in [4.69, 9.17) is 23.2 Å². The molecule has 2 heterocycles. The molecule has 0 saturated heterocycles. The highest BCUT2D eigenvalue weighted by Crippen LogP contribution is 2.29. The normalized spacial score (nSPS) is 14.8. The summed E-state index contributed by atoms with van der Waals surface area (Å²) < 4.78 is 2.15. The molecular formula is C14H19Cl2N3. The Labute approximate surface area is 123 Å². The SMILES string of the molecule is CCCCC(C)n1c(C(C)Cl)nc2cc(Cl)cnc21. The Bertz CT molecular complexity index is 563. The molecule has 0 aromatic carbocycles. The van der Waals surface area contributed by atoms with Crippen molar-refractivity contribution in [1.82, 2.24) is 14.5 Å². The van der Waals surface area contributed by atoms with Crippen LogP contribution in [0, 0.1) is 0 Å². The maximum Gasteiger partial charge on any atom is 0.160 e. The van der Waals surface area contributed by atoms with Gasteiger partial charge in [-0.3, -0.25) is 0 Å². The molecule has 3 nitrogen and oxygen atoms in total. The molecule has 0 aliphatic rings. The lowest BCUT2D eigenvalue weighted by atomic mass is 10.1. The molecule has 0 fully saturated rings. The maximum absolute atomic E-state index is 6.25. The number of fused-ring (bicyclic) bond motifs is 1. The van der Waals surface area contributed by atoms with Crippen molar-refractivity contribution in [3.8, 4) is 0 Å². The van der Waals surface area contributed by atoms with E-state index in [1.54, 1.807) is 6.20 Å². The molecule has 0 saturated carbocycles. The van der Waals surface area contributed by atoms with Gasteiger partial charge in [0.1, 0.15) is 11.3 Å². The first-order valence-electron chi connectivity index (χ1n) is 6.72. The van der Waals surface area contributed by atoms with Gasteiger partial charge >= 0.3 is 0 Å². The Kier molecular flexibility index (Phi) is 4.69. The summed E-state index contributed by atoms with van der Waals surface area (Å²) in [6.07, 6.45) is 5.13. The summed E-state index contributed by atoms with van der Waals surface area (Å²) in [4.78, 5) is 9.01. The van der Waals surface area contributed by atoms with Crippen LogP contribution in [0.2, 0.25) is 5.02 Å². The van der Waals surface area contributed by atoms with E-state index in [0.717, 1.165) is 23.4 Å². The van der Waals surface area contributed by atoms with Gasteiger partial charge in [0.15, 0.2) is 5.65 Å². The minimum atomic E-state index is -0.142. The van der Waals surface area contributed by atoms with E-state index < -0.39 is 0 Å². The number of halogens is 2. The lowest BCUT2D eigenvalue weighted by Gasteiger charge is -2.17. The second kappa shape index (κ2) is 6.10. The van der Waals surface area contributed by atoms with Crippen LogP contribution in [0.3, 0.4) is 0 Å². The van der Waals surface area contributed by atoms with E-state index in [0.29, 0.717) is 11.1 Å². The molecule has 2 aromatic heterocycles. The van der Waals surface area contributed by atoms with Gasteiger partial charge in [-0.2, -0.15) is 0 Å². The topological polar surface area (TPSA) is 30.7 Å². The van der Waals surface area contributed by atoms with Crippen molar-refractivity contribution in [2.75, 3.05) is 0 Å². The van der Waals surface area contributed by atoms with Gasteiger partial charge in [-0.15, -0.1) is 11.6 Å². The molecule has 104 valence electrons. The van der Waals surface area contributed by atoms with Gasteiger partial charge in [0.25, 0.3) is 0 Å². The Morgan fingerprint density at radius 3 is 2.74 bits per heavy atom. The highest BCUT2D eigenvalue weighted by Gasteiger charge is 2.19. The summed E-state index contributed by atoms with van der Waals surface area (Å²) in [6, 6.07) is 2.19. The number of nitrogens with zero attached hydrogens (tertiary/aromatic N) is 3. The van der Waals surface area contributed by atoms with Gasteiger partial charge in [0, 0.05) is 12.2 Å². The predicted molar refractivity (Wildman–Crippen MR) is 81.0 cm³/mol. The van der Waals surface area contributed by atoms with Crippen molar-refractivity contribution < 1.29 is 0 Å². The van der Waals surface area contributed by atoms with Crippen LogP contribution in [0.4, 0.5) is 0 Å². The molecule has 0 N–H and O–H groups in total. The molecule has 0 aliphatic carbocycles. The minimum Gasteiger partial charge on any atom is -0.309 e. The van der Waals surface area contributed by atoms with E-state index in [1.807, 2.05) is 13.0 Å². The largest absolute Gasteiger partial charge is 0.309 e. The average molecular weight is 300 g/mol. The lowest BCUT2D eigenvalue weighted by Crippen LogP contribution is -2.10. The Hall–Kier alpha value is -0.800. The highest BCUT2D eigenvalue weighted by atomic mass is 35.5. The third-order valence-corrected chi connectivity index (χ3v) is 3.70. The molecular weight excluding hydrogens is 281 g/mol. The molecule has 0 radical (unpaired) electrons. The number of alkyl halides is 1. The molecule has 2 atom stereocenters. The van der Waals surface area contributed by atoms with Gasteiger partial charge in [-0.1, -0.05) is 31.4 Å². The van der Waals surface area contributed by atoms with Crippen molar-refractivity contribution in [3.63, 3.8) is 0 Å². The number of hydrogen-bond donors (Lipinski definition) is 0. The van der Waals surface area contributed by atoms with Crippen molar-refractivity contribution >= 4 is 34.4 Å².